The summed E-state index contributed by atoms with van der Waals surface area (Å²) in [7, 11) is 0. The Balaban J connectivity index is 0.000000646. The van der Waals surface area contributed by atoms with Gasteiger partial charge in [-0.2, -0.15) is 5.26 Å². The molecule has 1 aliphatic rings. The molecule has 0 spiro atoms. The van der Waals surface area contributed by atoms with Gasteiger partial charge in [-0.15, -0.1) is 0 Å². The molecule has 7 heteroatoms. The van der Waals surface area contributed by atoms with E-state index in [2.05, 4.69) is 69.9 Å². The van der Waals surface area contributed by atoms with Crippen LogP contribution in [-0.2, 0) is 0 Å². The summed E-state index contributed by atoms with van der Waals surface area (Å²) in [6.45, 7) is 10.6. The van der Waals surface area contributed by atoms with Gasteiger partial charge in [0, 0.05) is 42.0 Å². The molecule has 5 nitrogen and oxygen atoms in total. The number of anilines is 1. The summed E-state index contributed by atoms with van der Waals surface area (Å²) in [5, 5.41) is 9.21. The predicted octanol–water partition coefficient (Wildman–Crippen LogP) is 3.65. The van der Waals surface area contributed by atoms with Crippen LogP contribution in [0.2, 0.25) is 0 Å². The molecule has 0 saturated carbocycles. The summed E-state index contributed by atoms with van der Waals surface area (Å²) in [6.07, 6.45) is 1.03. The standard InChI is InChI=1S/C16H19BrN4S.C4H11N/c1-12(15(11-18)16(19)22)20-7-2-8-21(10-9-20)14-5-3-13(17)4-6-14;1-4(2)3-5/h3-6H,2,7-10H2,1H3,(H2,19,22);4H,3,5H2,1-2H3/b15-12-;. The van der Waals surface area contributed by atoms with Crippen molar-refractivity contribution in [2.24, 2.45) is 17.4 Å². The lowest BCUT2D eigenvalue weighted by atomic mass is 10.2. The van der Waals surface area contributed by atoms with Gasteiger partial charge < -0.3 is 21.3 Å². The first kappa shape index (κ1) is 23.4. The van der Waals surface area contributed by atoms with Crippen molar-refractivity contribution in [2.45, 2.75) is 27.2 Å². The summed E-state index contributed by atoms with van der Waals surface area (Å²) in [5.74, 6) is 0.662. The molecule has 27 heavy (non-hydrogen) atoms. The first-order valence-electron chi connectivity index (χ1n) is 9.16. The second kappa shape index (κ2) is 12.0. The van der Waals surface area contributed by atoms with Crippen molar-refractivity contribution in [3.63, 3.8) is 0 Å². The zero-order chi connectivity index (χ0) is 20.4. The van der Waals surface area contributed by atoms with Crippen molar-refractivity contribution < 1.29 is 0 Å². The minimum atomic E-state index is 0.175. The van der Waals surface area contributed by atoms with Crippen molar-refractivity contribution in [3.8, 4) is 6.07 Å². The molecule has 2 rings (SSSR count). The van der Waals surface area contributed by atoms with E-state index >= 15 is 0 Å². The molecule has 0 atom stereocenters. The maximum atomic E-state index is 9.21. The van der Waals surface area contributed by atoms with Gasteiger partial charge >= 0.3 is 0 Å². The predicted molar refractivity (Wildman–Crippen MR) is 122 cm³/mol. The molecular weight excluding hydrogens is 422 g/mol. The number of hydrogen-bond acceptors (Lipinski definition) is 5. The molecule has 0 aliphatic carbocycles. The highest BCUT2D eigenvalue weighted by molar-refractivity contribution is 9.10. The number of thiocarbonyl (C=S) groups is 1. The van der Waals surface area contributed by atoms with E-state index in [1.807, 2.05) is 6.92 Å². The smallest absolute Gasteiger partial charge is 0.116 e. The Labute approximate surface area is 177 Å². The summed E-state index contributed by atoms with van der Waals surface area (Å²) in [6, 6.07) is 10.5. The number of nitriles is 1. The number of halogens is 1. The van der Waals surface area contributed by atoms with E-state index in [0.717, 1.165) is 49.3 Å². The fourth-order valence-electron chi connectivity index (χ4n) is 2.64. The average Bonchev–Trinajstić information content (AvgIpc) is 2.89. The SMILES string of the molecule is C/C(=C(\C#N)C(N)=S)N1CCCN(c2ccc(Br)cc2)CC1.CC(C)CN. The largest absolute Gasteiger partial charge is 0.389 e. The van der Waals surface area contributed by atoms with Gasteiger partial charge in [0.1, 0.15) is 16.6 Å². The van der Waals surface area contributed by atoms with Crippen LogP contribution in [0.15, 0.2) is 40.0 Å². The summed E-state index contributed by atoms with van der Waals surface area (Å²) in [4.78, 5) is 4.75. The van der Waals surface area contributed by atoms with E-state index in [1.54, 1.807) is 0 Å². The molecule has 1 heterocycles. The second-order valence-electron chi connectivity index (χ2n) is 6.87. The maximum Gasteiger partial charge on any atom is 0.116 e. The zero-order valence-electron chi connectivity index (χ0n) is 16.4. The number of nitrogens with zero attached hydrogens (tertiary/aromatic N) is 3. The van der Waals surface area contributed by atoms with Gasteiger partial charge in [0.25, 0.3) is 0 Å². The Bertz CT molecular complexity index is 679. The van der Waals surface area contributed by atoms with Crippen LogP contribution in [0, 0.1) is 17.2 Å². The number of nitrogens with two attached hydrogens (primary N) is 2. The van der Waals surface area contributed by atoms with Gasteiger partial charge in [-0.1, -0.05) is 42.0 Å². The second-order valence-corrected chi connectivity index (χ2v) is 8.23. The Morgan fingerprint density at radius 2 is 1.81 bits per heavy atom. The lowest BCUT2D eigenvalue weighted by molar-refractivity contribution is 0.369. The highest BCUT2D eigenvalue weighted by Gasteiger charge is 2.18. The third kappa shape index (κ3) is 7.87. The van der Waals surface area contributed by atoms with Crippen molar-refractivity contribution in [1.29, 1.82) is 5.26 Å². The Hall–Kier alpha value is -1.62. The number of allylic oxidation sites excluding steroid dienone is 1. The molecule has 1 fully saturated rings. The molecule has 0 unspecified atom stereocenters. The van der Waals surface area contributed by atoms with E-state index in [9.17, 15) is 5.26 Å². The van der Waals surface area contributed by atoms with Crippen molar-refractivity contribution in [3.05, 3.63) is 40.0 Å². The van der Waals surface area contributed by atoms with Crippen LogP contribution >= 0.6 is 28.1 Å². The van der Waals surface area contributed by atoms with Gasteiger partial charge in [0.05, 0.1) is 0 Å². The molecule has 1 aromatic rings. The van der Waals surface area contributed by atoms with Gasteiger partial charge in [-0.05, 0) is 50.1 Å². The van der Waals surface area contributed by atoms with Gasteiger partial charge in [0.15, 0.2) is 0 Å². The quantitative estimate of drug-likeness (QED) is 0.412. The average molecular weight is 452 g/mol. The van der Waals surface area contributed by atoms with Gasteiger partial charge in [-0.3, -0.25) is 0 Å². The molecule has 148 valence electrons. The Morgan fingerprint density at radius 1 is 1.22 bits per heavy atom. The third-order valence-corrected chi connectivity index (χ3v) is 5.09. The van der Waals surface area contributed by atoms with Crippen LogP contribution < -0.4 is 16.4 Å². The fraction of sp³-hybridized carbons (Fsp3) is 0.500. The Kier molecular flexibility index (Phi) is 10.4. The number of hydrogen-bond donors (Lipinski definition) is 2. The normalized spacial score (nSPS) is 15.3. The Morgan fingerprint density at radius 3 is 2.30 bits per heavy atom. The van der Waals surface area contributed by atoms with Crippen LogP contribution in [0.25, 0.3) is 0 Å². The number of rotatable bonds is 4. The molecule has 0 radical (unpaired) electrons. The van der Waals surface area contributed by atoms with Crippen molar-refractivity contribution >= 4 is 38.8 Å². The van der Waals surface area contributed by atoms with Crippen LogP contribution in [-0.4, -0.2) is 42.6 Å². The molecule has 0 aromatic heterocycles. The fourth-order valence-corrected chi connectivity index (χ4v) is 3.09. The monoisotopic (exact) mass is 451 g/mol. The van der Waals surface area contributed by atoms with Crippen molar-refractivity contribution in [1.82, 2.24) is 4.90 Å². The first-order chi connectivity index (χ1) is 12.8. The van der Waals surface area contributed by atoms with Crippen LogP contribution in [0.3, 0.4) is 0 Å². The molecule has 1 aromatic carbocycles. The summed E-state index contributed by atoms with van der Waals surface area (Å²) in [5.41, 5.74) is 13.3. The molecular formula is C20H30BrN5S. The van der Waals surface area contributed by atoms with E-state index in [-0.39, 0.29) is 4.99 Å². The van der Waals surface area contributed by atoms with E-state index < -0.39 is 0 Å². The first-order valence-corrected chi connectivity index (χ1v) is 10.4. The molecule has 1 aliphatic heterocycles. The van der Waals surface area contributed by atoms with Gasteiger partial charge in [0.2, 0.25) is 0 Å². The third-order valence-electron chi connectivity index (χ3n) is 4.35. The van der Waals surface area contributed by atoms with E-state index in [4.69, 9.17) is 23.7 Å². The number of benzene rings is 1. The topological polar surface area (TPSA) is 82.3 Å². The molecule has 0 bridgehead atoms. The van der Waals surface area contributed by atoms with Gasteiger partial charge in [-0.25, -0.2) is 0 Å². The highest BCUT2D eigenvalue weighted by Crippen LogP contribution is 2.21. The van der Waals surface area contributed by atoms with E-state index in [1.165, 1.54) is 5.69 Å². The summed E-state index contributed by atoms with van der Waals surface area (Å²) < 4.78 is 1.08. The van der Waals surface area contributed by atoms with Crippen molar-refractivity contribution in [2.75, 3.05) is 37.6 Å². The maximum absolute atomic E-state index is 9.21. The lowest BCUT2D eigenvalue weighted by Crippen LogP contribution is -2.31. The molecule has 0 amide bonds. The minimum Gasteiger partial charge on any atom is -0.389 e. The highest BCUT2D eigenvalue weighted by atomic mass is 79.9. The molecule has 1 saturated heterocycles. The molecule has 4 N–H and O–H groups in total. The lowest BCUT2D eigenvalue weighted by Gasteiger charge is -2.26. The zero-order valence-corrected chi connectivity index (χ0v) is 18.8. The minimum absolute atomic E-state index is 0.175. The van der Waals surface area contributed by atoms with Crippen LogP contribution in [0.1, 0.15) is 27.2 Å². The summed E-state index contributed by atoms with van der Waals surface area (Å²) >= 11 is 8.43. The van der Waals surface area contributed by atoms with Crippen LogP contribution in [0.4, 0.5) is 5.69 Å². The van der Waals surface area contributed by atoms with E-state index in [0.29, 0.717) is 11.5 Å². The van der Waals surface area contributed by atoms with Crippen LogP contribution in [0.5, 0.6) is 0 Å².